The second kappa shape index (κ2) is 6.23. The zero-order valence-corrected chi connectivity index (χ0v) is 12.1. The Morgan fingerprint density at radius 2 is 2.05 bits per heavy atom. The first-order chi connectivity index (χ1) is 9.08. The van der Waals surface area contributed by atoms with Gasteiger partial charge in [-0.1, -0.05) is 0 Å². The molecule has 1 amide bonds. The van der Waals surface area contributed by atoms with Gasteiger partial charge in [-0.25, -0.2) is 4.39 Å². The van der Waals surface area contributed by atoms with Gasteiger partial charge in [0, 0.05) is 19.2 Å². The van der Waals surface area contributed by atoms with Crippen molar-refractivity contribution >= 4 is 27.5 Å². The van der Waals surface area contributed by atoms with Crippen LogP contribution < -0.4 is 10.5 Å². The number of anilines is 1. The number of piperidine rings is 1. The van der Waals surface area contributed by atoms with Crippen molar-refractivity contribution in [3.8, 4) is 5.75 Å². The molecule has 2 rings (SSSR count). The predicted molar refractivity (Wildman–Crippen MR) is 74.4 cm³/mol. The normalized spacial score (nSPS) is 15.4. The molecule has 0 unspecified atom stereocenters. The molecule has 0 spiro atoms. The topological polar surface area (TPSA) is 55.6 Å². The molecule has 4 nitrogen and oxygen atoms in total. The highest BCUT2D eigenvalue weighted by Crippen LogP contribution is 2.28. The minimum atomic E-state index is -0.463. The van der Waals surface area contributed by atoms with E-state index in [9.17, 15) is 9.18 Å². The van der Waals surface area contributed by atoms with Crippen LogP contribution in [0, 0.1) is 5.82 Å². The number of carbonyl (C=O) groups excluding carboxylic acids is 1. The third-order valence-electron chi connectivity index (χ3n) is 3.11. The number of amides is 1. The van der Waals surface area contributed by atoms with Crippen molar-refractivity contribution in [2.45, 2.75) is 19.3 Å². The smallest absolute Gasteiger partial charge is 0.260 e. The molecule has 0 radical (unpaired) electrons. The number of likely N-dealkylation sites (tertiary alicyclic amines) is 1. The Hall–Kier alpha value is -1.30. The summed E-state index contributed by atoms with van der Waals surface area (Å²) in [6.07, 6.45) is 3.22. The van der Waals surface area contributed by atoms with E-state index in [-0.39, 0.29) is 22.7 Å². The number of nitrogens with two attached hydrogens (primary N) is 1. The molecule has 1 saturated heterocycles. The number of halogens is 2. The molecule has 19 heavy (non-hydrogen) atoms. The second-order valence-corrected chi connectivity index (χ2v) is 5.39. The molecule has 1 aromatic carbocycles. The summed E-state index contributed by atoms with van der Waals surface area (Å²) in [5.74, 6) is -0.344. The fraction of sp³-hybridized carbons (Fsp3) is 0.462. The van der Waals surface area contributed by atoms with Crippen molar-refractivity contribution in [1.29, 1.82) is 0 Å². The van der Waals surface area contributed by atoms with E-state index in [1.807, 2.05) is 0 Å². The maximum Gasteiger partial charge on any atom is 0.260 e. The van der Waals surface area contributed by atoms with Crippen molar-refractivity contribution in [3.63, 3.8) is 0 Å². The Balaban J connectivity index is 1.94. The summed E-state index contributed by atoms with van der Waals surface area (Å²) in [4.78, 5) is 13.7. The van der Waals surface area contributed by atoms with Crippen molar-refractivity contribution < 1.29 is 13.9 Å². The lowest BCUT2D eigenvalue weighted by atomic mass is 10.1. The van der Waals surface area contributed by atoms with Crippen LogP contribution in [0.1, 0.15) is 19.3 Å². The van der Waals surface area contributed by atoms with Crippen molar-refractivity contribution in [3.05, 3.63) is 22.4 Å². The molecule has 1 fully saturated rings. The summed E-state index contributed by atoms with van der Waals surface area (Å²) >= 11 is 3.04. The minimum Gasteiger partial charge on any atom is -0.482 e. The van der Waals surface area contributed by atoms with Crippen molar-refractivity contribution in [2.75, 3.05) is 25.4 Å². The Bertz CT molecular complexity index is 476. The summed E-state index contributed by atoms with van der Waals surface area (Å²) in [5, 5.41) is 0. The molecular weight excluding hydrogens is 315 g/mol. The van der Waals surface area contributed by atoms with Gasteiger partial charge < -0.3 is 15.4 Å². The standard InChI is InChI=1S/C13H16BrFN2O2/c14-9-6-11(16)12(7-10(9)15)19-8-13(18)17-4-2-1-3-5-17/h6-7H,1-5,8,16H2. The molecule has 104 valence electrons. The van der Waals surface area contributed by atoms with Crippen LogP contribution in [0.15, 0.2) is 16.6 Å². The van der Waals surface area contributed by atoms with Gasteiger partial charge in [0.15, 0.2) is 6.61 Å². The Morgan fingerprint density at radius 3 is 2.74 bits per heavy atom. The molecular formula is C13H16BrFN2O2. The van der Waals surface area contributed by atoms with E-state index in [1.54, 1.807) is 4.90 Å². The Morgan fingerprint density at radius 1 is 1.37 bits per heavy atom. The van der Waals surface area contributed by atoms with Crippen LogP contribution in [0.2, 0.25) is 0 Å². The van der Waals surface area contributed by atoms with E-state index in [2.05, 4.69) is 15.9 Å². The number of rotatable bonds is 3. The van der Waals surface area contributed by atoms with Crippen LogP contribution >= 0.6 is 15.9 Å². The van der Waals surface area contributed by atoms with Crippen LogP contribution in [0.5, 0.6) is 5.75 Å². The molecule has 2 N–H and O–H groups in total. The van der Waals surface area contributed by atoms with Gasteiger partial charge in [0.1, 0.15) is 11.6 Å². The predicted octanol–water partition coefficient (Wildman–Crippen LogP) is 2.56. The second-order valence-electron chi connectivity index (χ2n) is 4.53. The number of hydrogen-bond acceptors (Lipinski definition) is 3. The van der Waals surface area contributed by atoms with E-state index in [1.165, 1.54) is 12.1 Å². The van der Waals surface area contributed by atoms with Gasteiger partial charge in [0.25, 0.3) is 5.91 Å². The molecule has 0 saturated carbocycles. The maximum absolute atomic E-state index is 13.4. The molecule has 0 atom stereocenters. The lowest BCUT2D eigenvalue weighted by Gasteiger charge is -2.26. The first-order valence-electron chi connectivity index (χ1n) is 6.23. The molecule has 1 aliphatic rings. The Labute approximate surface area is 119 Å². The Kier molecular flexibility index (Phi) is 4.63. The monoisotopic (exact) mass is 330 g/mol. The molecule has 0 aromatic heterocycles. The average Bonchev–Trinajstić information content (AvgIpc) is 2.42. The van der Waals surface area contributed by atoms with Crippen LogP contribution in [-0.2, 0) is 4.79 Å². The first-order valence-corrected chi connectivity index (χ1v) is 7.02. The lowest BCUT2D eigenvalue weighted by Crippen LogP contribution is -2.38. The number of nitrogens with zero attached hydrogens (tertiary/aromatic N) is 1. The largest absolute Gasteiger partial charge is 0.482 e. The molecule has 1 heterocycles. The van der Waals surface area contributed by atoms with Gasteiger partial charge in [-0.3, -0.25) is 4.79 Å². The molecule has 0 bridgehead atoms. The van der Waals surface area contributed by atoms with Crippen LogP contribution in [-0.4, -0.2) is 30.5 Å². The third-order valence-corrected chi connectivity index (χ3v) is 3.72. The summed E-state index contributed by atoms with van der Waals surface area (Å²) in [7, 11) is 0. The molecule has 6 heteroatoms. The molecule has 1 aromatic rings. The first kappa shape index (κ1) is 14.1. The van der Waals surface area contributed by atoms with E-state index < -0.39 is 5.82 Å². The number of ether oxygens (including phenoxy) is 1. The fourth-order valence-corrected chi connectivity index (χ4v) is 2.40. The van der Waals surface area contributed by atoms with Gasteiger partial charge in [-0.15, -0.1) is 0 Å². The zero-order chi connectivity index (χ0) is 13.8. The minimum absolute atomic E-state index is 0.0811. The van der Waals surface area contributed by atoms with Crippen LogP contribution in [0.4, 0.5) is 10.1 Å². The van der Waals surface area contributed by atoms with E-state index >= 15 is 0 Å². The summed E-state index contributed by atoms with van der Waals surface area (Å²) in [5.41, 5.74) is 6.01. The van der Waals surface area contributed by atoms with Gasteiger partial charge in [0.2, 0.25) is 0 Å². The number of carbonyl (C=O) groups is 1. The molecule has 1 aliphatic heterocycles. The zero-order valence-electron chi connectivity index (χ0n) is 10.5. The fourth-order valence-electron chi connectivity index (χ4n) is 2.04. The number of nitrogen functional groups attached to an aromatic ring is 1. The van der Waals surface area contributed by atoms with Crippen molar-refractivity contribution in [2.24, 2.45) is 0 Å². The number of hydrogen-bond donors (Lipinski definition) is 1. The summed E-state index contributed by atoms with van der Waals surface area (Å²) in [6.45, 7) is 1.43. The highest BCUT2D eigenvalue weighted by atomic mass is 79.9. The summed E-state index contributed by atoms with van der Waals surface area (Å²) in [6, 6.07) is 2.61. The highest BCUT2D eigenvalue weighted by molar-refractivity contribution is 9.10. The maximum atomic E-state index is 13.4. The van der Waals surface area contributed by atoms with Gasteiger partial charge >= 0.3 is 0 Å². The molecule has 0 aliphatic carbocycles. The quantitative estimate of drug-likeness (QED) is 0.866. The van der Waals surface area contributed by atoms with Gasteiger partial charge in [0.05, 0.1) is 10.2 Å². The van der Waals surface area contributed by atoms with Gasteiger partial charge in [-0.05, 0) is 41.3 Å². The third kappa shape index (κ3) is 3.59. The lowest BCUT2D eigenvalue weighted by molar-refractivity contribution is -0.134. The highest BCUT2D eigenvalue weighted by Gasteiger charge is 2.17. The average molecular weight is 331 g/mol. The van der Waals surface area contributed by atoms with Crippen LogP contribution in [0.25, 0.3) is 0 Å². The van der Waals surface area contributed by atoms with Crippen molar-refractivity contribution in [1.82, 2.24) is 4.90 Å². The van der Waals surface area contributed by atoms with Crippen LogP contribution in [0.3, 0.4) is 0 Å². The summed E-state index contributed by atoms with van der Waals surface area (Å²) < 4.78 is 18.9. The number of benzene rings is 1. The van der Waals surface area contributed by atoms with Gasteiger partial charge in [-0.2, -0.15) is 0 Å². The SMILES string of the molecule is Nc1cc(Br)c(F)cc1OCC(=O)N1CCCCC1. The van der Waals surface area contributed by atoms with E-state index in [0.29, 0.717) is 5.69 Å². The van der Waals surface area contributed by atoms with E-state index in [0.717, 1.165) is 32.4 Å². The van der Waals surface area contributed by atoms with E-state index in [4.69, 9.17) is 10.5 Å².